The molecule has 1 unspecified atom stereocenters. The molecule has 0 radical (unpaired) electrons. The van der Waals surface area contributed by atoms with Crippen molar-refractivity contribution in [2.75, 3.05) is 12.3 Å². The van der Waals surface area contributed by atoms with Crippen LogP contribution in [0.5, 0.6) is 0 Å². The van der Waals surface area contributed by atoms with E-state index in [1.165, 1.54) is 43.2 Å². The van der Waals surface area contributed by atoms with Crippen LogP contribution in [0.3, 0.4) is 0 Å². The second-order valence-electron chi connectivity index (χ2n) is 10.7. The lowest BCUT2D eigenvalue weighted by atomic mass is 9.51. The molecular weight excluding hydrogens is 432 g/mol. The van der Waals surface area contributed by atoms with Gasteiger partial charge in [0, 0.05) is 11.5 Å². The number of aromatic nitrogens is 4. The number of benzene rings is 2. The summed E-state index contributed by atoms with van der Waals surface area (Å²) in [6.45, 7) is 3.41. The Bertz CT molecular complexity index is 1290. The molecule has 7 rings (SSSR count). The zero-order valence-corrected chi connectivity index (χ0v) is 20.4. The first-order chi connectivity index (χ1) is 17.1. The molecule has 180 valence electrons. The molecule has 2 aromatic heterocycles. The van der Waals surface area contributed by atoms with Crippen molar-refractivity contribution in [2.24, 2.45) is 5.92 Å². The molecule has 3 aliphatic carbocycles. The zero-order valence-electron chi connectivity index (χ0n) is 20.4. The second-order valence-corrected chi connectivity index (χ2v) is 10.7. The quantitative estimate of drug-likeness (QED) is 0.342. The van der Waals surface area contributed by atoms with Gasteiger partial charge in [-0.25, -0.2) is 10.1 Å². The van der Waals surface area contributed by atoms with Crippen LogP contribution in [0.4, 0.5) is 5.82 Å². The smallest absolute Gasteiger partial charge is 0.178 e. The number of nitrogens with two attached hydrogens (primary N) is 1. The van der Waals surface area contributed by atoms with E-state index in [0.29, 0.717) is 22.8 Å². The number of hydrogen-bond acceptors (Lipinski definition) is 5. The zero-order chi connectivity index (χ0) is 23.9. The van der Waals surface area contributed by atoms with Crippen LogP contribution in [0.15, 0.2) is 66.7 Å². The molecule has 3 fully saturated rings. The van der Waals surface area contributed by atoms with Crippen molar-refractivity contribution >= 4 is 17.0 Å². The first-order valence-electron chi connectivity index (χ1n) is 12.9. The lowest BCUT2D eigenvalue weighted by molar-refractivity contribution is 0.0231. The van der Waals surface area contributed by atoms with Gasteiger partial charge in [0.2, 0.25) is 0 Å². The minimum Gasteiger partial charge on any atom is -0.384 e. The van der Waals surface area contributed by atoms with Gasteiger partial charge in [-0.3, -0.25) is 0 Å². The molecule has 4 aromatic rings. The van der Waals surface area contributed by atoms with Crippen LogP contribution < -0.4 is 11.1 Å². The standard InChI is InChI=1S/C29H34N6/c1-20-19-28(22-10-6-3-7-11-22)13-15-29(20,16-14-28)31-17-12-23(21-8-4-2-5-9-21)24-18-25(30)32-27-26(24)33-35-34-27/h2-11,18,20,23,31H,12-17,19H2,1H3,(H3,30,32,33,34,35)/t20?,23-,28?,29?/m1/s1. The molecule has 0 amide bonds. The van der Waals surface area contributed by atoms with Crippen LogP contribution in [-0.4, -0.2) is 32.5 Å². The maximum atomic E-state index is 6.17. The minimum atomic E-state index is 0.170. The summed E-state index contributed by atoms with van der Waals surface area (Å²) < 4.78 is 0. The van der Waals surface area contributed by atoms with E-state index in [2.05, 4.69) is 93.3 Å². The fraction of sp³-hybridized carbons (Fsp3) is 0.414. The number of fused-ring (bicyclic) bond motifs is 4. The Morgan fingerprint density at radius 3 is 2.46 bits per heavy atom. The lowest BCUT2D eigenvalue weighted by Gasteiger charge is -2.58. The number of nitrogen functional groups attached to an aromatic ring is 1. The highest BCUT2D eigenvalue weighted by Gasteiger charge is 2.52. The van der Waals surface area contributed by atoms with Crippen LogP contribution >= 0.6 is 0 Å². The topological polar surface area (TPSA) is 92.5 Å². The van der Waals surface area contributed by atoms with Gasteiger partial charge >= 0.3 is 0 Å². The Hall–Kier alpha value is -3.25. The van der Waals surface area contributed by atoms with Gasteiger partial charge in [0.25, 0.3) is 0 Å². The van der Waals surface area contributed by atoms with Crippen molar-refractivity contribution in [3.8, 4) is 0 Å². The van der Waals surface area contributed by atoms with E-state index in [1.807, 2.05) is 6.07 Å². The number of nitrogens with zero attached hydrogens (tertiary/aromatic N) is 3. The molecule has 0 spiro atoms. The number of hydrogen-bond donors (Lipinski definition) is 3. The van der Waals surface area contributed by atoms with Gasteiger partial charge < -0.3 is 11.1 Å². The lowest BCUT2D eigenvalue weighted by Crippen LogP contribution is -2.61. The summed E-state index contributed by atoms with van der Waals surface area (Å²) in [5.41, 5.74) is 12.1. The van der Waals surface area contributed by atoms with Crippen molar-refractivity contribution < 1.29 is 0 Å². The second kappa shape index (κ2) is 8.76. The fourth-order valence-corrected chi connectivity index (χ4v) is 7.00. The van der Waals surface area contributed by atoms with Gasteiger partial charge in [0.15, 0.2) is 5.65 Å². The van der Waals surface area contributed by atoms with Crippen LogP contribution in [-0.2, 0) is 5.41 Å². The van der Waals surface area contributed by atoms with Gasteiger partial charge in [-0.05, 0) is 79.2 Å². The summed E-state index contributed by atoms with van der Waals surface area (Å²) in [6, 6.07) is 23.9. The van der Waals surface area contributed by atoms with Crippen molar-refractivity contribution in [3.05, 3.63) is 83.4 Å². The van der Waals surface area contributed by atoms with Gasteiger partial charge in [0.05, 0.1) is 0 Å². The van der Waals surface area contributed by atoms with Gasteiger partial charge in [-0.1, -0.05) is 72.8 Å². The van der Waals surface area contributed by atoms with Gasteiger partial charge in [0.1, 0.15) is 11.3 Å². The molecule has 2 bridgehead atoms. The molecule has 0 aliphatic heterocycles. The summed E-state index contributed by atoms with van der Waals surface area (Å²) in [7, 11) is 0. The first kappa shape index (κ1) is 22.2. The first-order valence-corrected chi connectivity index (χ1v) is 12.9. The van der Waals surface area contributed by atoms with Crippen molar-refractivity contribution in [1.82, 2.24) is 25.7 Å². The van der Waals surface area contributed by atoms with Crippen molar-refractivity contribution in [2.45, 2.75) is 62.3 Å². The summed E-state index contributed by atoms with van der Waals surface area (Å²) in [4.78, 5) is 4.38. The number of H-pyrrole nitrogens is 1. The van der Waals surface area contributed by atoms with Crippen molar-refractivity contribution in [3.63, 3.8) is 0 Å². The van der Waals surface area contributed by atoms with Gasteiger partial charge in [-0.15, -0.1) is 5.10 Å². The number of anilines is 1. The third-order valence-electron chi connectivity index (χ3n) is 8.96. The summed E-state index contributed by atoms with van der Waals surface area (Å²) >= 11 is 0. The Balaban J connectivity index is 1.22. The molecule has 4 N–H and O–H groups in total. The highest BCUT2D eigenvalue weighted by Crippen LogP contribution is 2.56. The van der Waals surface area contributed by atoms with E-state index >= 15 is 0 Å². The van der Waals surface area contributed by atoms with E-state index < -0.39 is 0 Å². The third-order valence-corrected chi connectivity index (χ3v) is 8.96. The Morgan fingerprint density at radius 1 is 1.03 bits per heavy atom. The molecule has 6 nitrogen and oxygen atoms in total. The van der Waals surface area contributed by atoms with E-state index in [1.54, 1.807) is 0 Å². The fourth-order valence-electron chi connectivity index (χ4n) is 7.00. The largest absolute Gasteiger partial charge is 0.384 e. The molecule has 3 aliphatic rings. The van der Waals surface area contributed by atoms with E-state index in [9.17, 15) is 0 Å². The normalized spacial score (nSPS) is 26.7. The Kier molecular flexibility index (Phi) is 5.56. The molecule has 35 heavy (non-hydrogen) atoms. The van der Waals surface area contributed by atoms with Crippen molar-refractivity contribution in [1.29, 1.82) is 0 Å². The van der Waals surface area contributed by atoms with Crippen LogP contribution in [0.25, 0.3) is 11.2 Å². The van der Waals surface area contributed by atoms with E-state index in [-0.39, 0.29) is 11.5 Å². The minimum absolute atomic E-state index is 0.170. The Labute approximate surface area is 206 Å². The summed E-state index contributed by atoms with van der Waals surface area (Å²) in [6.07, 6.45) is 7.28. The molecular formula is C29H34N6. The maximum Gasteiger partial charge on any atom is 0.178 e. The SMILES string of the molecule is CC1CC2(c3ccccc3)CCC1(NCC[C@H](c1ccccc1)c1cc(N)nc3[nH]nnc13)CC2. The summed E-state index contributed by atoms with van der Waals surface area (Å²) in [5, 5.41) is 15.3. The highest BCUT2D eigenvalue weighted by molar-refractivity contribution is 5.77. The number of pyridine rings is 1. The predicted octanol–water partition coefficient (Wildman–Crippen LogP) is 5.34. The van der Waals surface area contributed by atoms with E-state index in [4.69, 9.17) is 5.73 Å². The molecule has 2 aromatic carbocycles. The number of aromatic amines is 1. The van der Waals surface area contributed by atoms with Crippen LogP contribution in [0.1, 0.15) is 68.1 Å². The number of rotatable bonds is 7. The monoisotopic (exact) mass is 466 g/mol. The molecule has 3 saturated carbocycles. The average molecular weight is 467 g/mol. The molecule has 0 saturated heterocycles. The summed E-state index contributed by atoms with van der Waals surface area (Å²) in [5.74, 6) is 1.32. The maximum absolute atomic E-state index is 6.17. The predicted molar refractivity (Wildman–Crippen MR) is 140 cm³/mol. The van der Waals surface area contributed by atoms with E-state index in [0.717, 1.165) is 24.0 Å². The van der Waals surface area contributed by atoms with Gasteiger partial charge in [-0.2, -0.15) is 0 Å². The highest BCUT2D eigenvalue weighted by atomic mass is 15.3. The number of nitrogens with one attached hydrogen (secondary N) is 2. The third kappa shape index (κ3) is 3.90. The van der Waals surface area contributed by atoms with Crippen LogP contribution in [0, 0.1) is 5.92 Å². The molecule has 2 heterocycles. The molecule has 2 atom stereocenters. The molecule has 6 heteroatoms. The van der Waals surface area contributed by atoms with Crippen LogP contribution in [0.2, 0.25) is 0 Å². The average Bonchev–Trinajstić information content (AvgIpc) is 3.37. The Morgan fingerprint density at radius 2 is 1.74 bits per heavy atom.